The quantitative estimate of drug-likeness (QED) is 0.806. The molecule has 0 amide bonds. The molecule has 2 aromatic rings. The monoisotopic (exact) mass is 298 g/mol. The van der Waals surface area contributed by atoms with Crippen LogP contribution in [0.2, 0.25) is 10.0 Å². The summed E-state index contributed by atoms with van der Waals surface area (Å²) in [4.78, 5) is 4.19. The number of anilines is 1. The Kier molecular flexibility index (Phi) is 4.27. The number of halogens is 3. The minimum atomic E-state index is -0.474. The molecule has 1 atom stereocenters. The van der Waals surface area contributed by atoms with Gasteiger partial charge in [-0.05, 0) is 38.1 Å². The van der Waals surface area contributed by atoms with Crippen molar-refractivity contribution in [3.05, 3.63) is 57.6 Å². The van der Waals surface area contributed by atoms with Crippen LogP contribution in [0.3, 0.4) is 0 Å². The Morgan fingerprint density at radius 2 is 2.00 bits per heavy atom. The number of aromatic nitrogens is 1. The first kappa shape index (κ1) is 14.1. The van der Waals surface area contributed by atoms with Gasteiger partial charge >= 0.3 is 0 Å². The summed E-state index contributed by atoms with van der Waals surface area (Å²) in [6, 6.07) is 6.28. The zero-order valence-electron chi connectivity index (χ0n) is 10.5. The molecule has 5 heteroatoms. The van der Waals surface area contributed by atoms with Crippen molar-refractivity contribution >= 4 is 28.9 Å². The maximum atomic E-state index is 13.5. The molecule has 0 aliphatic carbocycles. The summed E-state index contributed by atoms with van der Waals surface area (Å²) in [5.41, 5.74) is 2.27. The third-order valence-electron chi connectivity index (χ3n) is 2.89. The highest BCUT2D eigenvalue weighted by molar-refractivity contribution is 6.36. The van der Waals surface area contributed by atoms with Crippen LogP contribution in [0.1, 0.15) is 24.2 Å². The lowest BCUT2D eigenvalue weighted by Crippen LogP contribution is -2.10. The number of nitrogens with one attached hydrogen (secondary N) is 1. The molecule has 1 aromatic carbocycles. The second-order valence-corrected chi connectivity index (χ2v) is 5.04. The van der Waals surface area contributed by atoms with Crippen LogP contribution in [0.5, 0.6) is 0 Å². The summed E-state index contributed by atoms with van der Waals surface area (Å²) in [6.07, 6.45) is 1.72. The average molecular weight is 299 g/mol. The van der Waals surface area contributed by atoms with Crippen molar-refractivity contribution in [1.82, 2.24) is 4.98 Å². The SMILES string of the molecule is Cc1ncccc1NC(C)c1c(Cl)ccc(F)c1Cl. The third-order valence-corrected chi connectivity index (χ3v) is 3.61. The smallest absolute Gasteiger partial charge is 0.142 e. The highest BCUT2D eigenvalue weighted by Crippen LogP contribution is 2.34. The number of benzene rings is 1. The van der Waals surface area contributed by atoms with E-state index >= 15 is 0 Å². The number of pyridine rings is 1. The largest absolute Gasteiger partial charge is 0.377 e. The number of hydrogen-bond acceptors (Lipinski definition) is 2. The molecule has 19 heavy (non-hydrogen) atoms. The van der Waals surface area contributed by atoms with E-state index in [-0.39, 0.29) is 11.1 Å². The van der Waals surface area contributed by atoms with Gasteiger partial charge in [0, 0.05) is 16.8 Å². The van der Waals surface area contributed by atoms with E-state index in [1.54, 1.807) is 6.20 Å². The molecule has 2 rings (SSSR count). The lowest BCUT2D eigenvalue weighted by atomic mass is 10.1. The normalized spacial score (nSPS) is 12.3. The predicted molar refractivity (Wildman–Crippen MR) is 77.4 cm³/mol. The molecule has 0 saturated heterocycles. The molecule has 1 N–H and O–H groups in total. The minimum Gasteiger partial charge on any atom is -0.377 e. The van der Waals surface area contributed by atoms with Crippen LogP contribution in [0.4, 0.5) is 10.1 Å². The van der Waals surface area contributed by atoms with Gasteiger partial charge in [0.15, 0.2) is 0 Å². The maximum absolute atomic E-state index is 13.5. The molecule has 0 saturated carbocycles. The number of hydrogen-bond donors (Lipinski definition) is 1. The van der Waals surface area contributed by atoms with Gasteiger partial charge in [-0.1, -0.05) is 23.2 Å². The molecule has 100 valence electrons. The fourth-order valence-corrected chi connectivity index (χ4v) is 2.58. The summed E-state index contributed by atoms with van der Waals surface area (Å²) < 4.78 is 13.5. The van der Waals surface area contributed by atoms with Crippen molar-refractivity contribution in [2.75, 3.05) is 5.32 Å². The molecule has 1 heterocycles. The highest BCUT2D eigenvalue weighted by atomic mass is 35.5. The highest BCUT2D eigenvalue weighted by Gasteiger charge is 2.17. The molecule has 1 unspecified atom stereocenters. The zero-order valence-corrected chi connectivity index (χ0v) is 12.1. The first-order valence-electron chi connectivity index (χ1n) is 5.82. The fourth-order valence-electron chi connectivity index (χ4n) is 1.88. The molecule has 0 fully saturated rings. The van der Waals surface area contributed by atoms with E-state index < -0.39 is 5.82 Å². The Morgan fingerprint density at radius 3 is 2.68 bits per heavy atom. The number of nitrogens with zero attached hydrogens (tertiary/aromatic N) is 1. The Hall–Kier alpha value is -1.32. The summed E-state index contributed by atoms with van der Waals surface area (Å²) in [5, 5.41) is 3.73. The summed E-state index contributed by atoms with van der Waals surface area (Å²) in [5.74, 6) is -0.474. The van der Waals surface area contributed by atoms with E-state index in [0.29, 0.717) is 10.6 Å². The van der Waals surface area contributed by atoms with Gasteiger partial charge in [-0.25, -0.2) is 4.39 Å². The Morgan fingerprint density at radius 1 is 1.26 bits per heavy atom. The van der Waals surface area contributed by atoms with Crippen LogP contribution in [0.15, 0.2) is 30.5 Å². The average Bonchev–Trinajstić information content (AvgIpc) is 2.37. The second-order valence-electron chi connectivity index (χ2n) is 4.26. The van der Waals surface area contributed by atoms with Crippen molar-refractivity contribution in [3.63, 3.8) is 0 Å². The van der Waals surface area contributed by atoms with Gasteiger partial charge in [0.2, 0.25) is 0 Å². The molecular weight excluding hydrogens is 286 g/mol. The molecule has 2 nitrogen and oxygen atoms in total. The predicted octanol–water partition coefficient (Wildman–Crippen LogP) is 5.01. The van der Waals surface area contributed by atoms with E-state index in [1.807, 2.05) is 26.0 Å². The first-order valence-corrected chi connectivity index (χ1v) is 6.58. The van der Waals surface area contributed by atoms with Gasteiger partial charge in [0.25, 0.3) is 0 Å². The van der Waals surface area contributed by atoms with Crippen LogP contribution < -0.4 is 5.32 Å². The van der Waals surface area contributed by atoms with Crippen molar-refractivity contribution in [1.29, 1.82) is 0 Å². The van der Waals surface area contributed by atoms with E-state index in [9.17, 15) is 4.39 Å². The van der Waals surface area contributed by atoms with E-state index in [0.717, 1.165) is 11.4 Å². The lowest BCUT2D eigenvalue weighted by Gasteiger charge is -2.19. The fraction of sp³-hybridized carbons (Fsp3) is 0.214. The van der Waals surface area contributed by atoms with Crippen molar-refractivity contribution in [2.45, 2.75) is 19.9 Å². The van der Waals surface area contributed by atoms with E-state index in [4.69, 9.17) is 23.2 Å². The topological polar surface area (TPSA) is 24.9 Å². The van der Waals surface area contributed by atoms with E-state index in [2.05, 4.69) is 10.3 Å². The third kappa shape index (κ3) is 2.99. The Balaban J connectivity index is 2.33. The molecule has 0 bridgehead atoms. The molecule has 1 aromatic heterocycles. The van der Waals surface area contributed by atoms with Gasteiger partial charge in [0.05, 0.1) is 22.4 Å². The first-order chi connectivity index (χ1) is 9.00. The van der Waals surface area contributed by atoms with Gasteiger partial charge in [0.1, 0.15) is 5.82 Å². The lowest BCUT2D eigenvalue weighted by molar-refractivity contribution is 0.624. The van der Waals surface area contributed by atoms with Gasteiger partial charge in [-0.15, -0.1) is 0 Å². The maximum Gasteiger partial charge on any atom is 0.142 e. The van der Waals surface area contributed by atoms with Crippen molar-refractivity contribution < 1.29 is 4.39 Å². The molecule has 0 aliphatic heterocycles. The Bertz CT molecular complexity index is 602. The van der Waals surface area contributed by atoms with Gasteiger partial charge < -0.3 is 5.32 Å². The van der Waals surface area contributed by atoms with Crippen LogP contribution >= 0.6 is 23.2 Å². The molecule has 0 radical (unpaired) electrons. The zero-order chi connectivity index (χ0) is 14.0. The van der Waals surface area contributed by atoms with Crippen molar-refractivity contribution in [2.24, 2.45) is 0 Å². The molecule has 0 aliphatic rings. The van der Waals surface area contributed by atoms with Crippen LogP contribution in [0.25, 0.3) is 0 Å². The minimum absolute atomic E-state index is 0.0500. The Labute approximate surface area is 121 Å². The molecular formula is C14H13Cl2FN2. The number of aryl methyl sites for hydroxylation is 1. The summed E-state index contributed by atoms with van der Waals surface area (Å²) in [7, 11) is 0. The summed E-state index contributed by atoms with van der Waals surface area (Å²) >= 11 is 12.1. The second kappa shape index (κ2) is 5.76. The van der Waals surface area contributed by atoms with E-state index in [1.165, 1.54) is 12.1 Å². The number of rotatable bonds is 3. The van der Waals surface area contributed by atoms with Gasteiger partial charge in [-0.2, -0.15) is 0 Å². The van der Waals surface area contributed by atoms with Gasteiger partial charge in [-0.3, -0.25) is 4.98 Å². The standard InChI is InChI=1S/C14H13Cl2FN2/c1-8-12(4-3-7-18-8)19-9(2)13-10(15)5-6-11(17)14(13)16/h3-7,9,19H,1-2H3. The van der Waals surface area contributed by atoms with Crippen LogP contribution in [-0.4, -0.2) is 4.98 Å². The van der Waals surface area contributed by atoms with Crippen LogP contribution in [-0.2, 0) is 0 Å². The van der Waals surface area contributed by atoms with Crippen molar-refractivity contribution in [3.8, 4) is 0 Å². The summed E-state index contributed by atoms with van der Waals surface area (Å²) in [6.45, 7) is 3.77. The molecule has 0 spiro atoms. The van der Waals surface area contributed by atoms with Crippen LogP contribution in [0, 0.1) is 12.7 Å².